The highest BCUT2D eigenvalue weighted by Crippen LogP contribution is 2.47. The van der Waals surface area contributed by atoms with Crippen LogP contribution in [0.15, 0.2) is 53.5 Å². The van der Waals surface area contributed by atoms with Gasteiger partial charge in [0, 0.05) is 12.5 Å². The van der Waals surface area contributed by atoms with Crippen molar-refractivity contribution in [2.45, 2.75) is 32.2 Å². The zero-order valence-electron chi connectivity index (χ0n) is 12.1. The quantitative estimate of drug-likeness (QED) is 0.684. The van der Waals surface area contributed by atoms with Gasteiger partial charge in [0.2, 0.25) is 0 Å². The van der Waals surface area contributed by atoms with E-state index in [4.69, 9.17) is 9.73 Å². The summed E-state index contributed by atoms with van der Waals surface area (Å²) in [5, 5.41) is 0. The van der Waals surface area contributed by atoms with Crippen LogP contribution in [-0.4, -0.2) is 11.9 Å². The second kappa shape index (κ2) is 4.92. The summed E-state index contributed by atoms with van der Waals surface area (Å²) in [5.41, 5.74) is 2.17. The van der Waals surface area contributed by atoms with Gasteiger partial charge in [0.1, 0.15) is 5.84 Å². The summed E-state index contributed by atoms with van der Waals surface area (Å²) in [6.45, 7) is 2.19. The number of amidine groups is 1. The standard InChI is InChI=1S/C18H18N2O/c1-13-7-6-12-18(19-13)20-14-8-2-4-10-16(14)21-17-11-5-3-9-15(17)20/h2-5,8-11,13H,6-7,12H2,1H3. The minimum Gasteiger partial charge on any atom is -0.453 e. The zero-order valence-corrected chi connectivity index (χ0v) is 12.1. The van der Waals surface area contributed by atoms with Crippen LogP contribution in [0.2, 0.25) is 0 Å². The normalized spacial score (nSPS) is 20.1. The molecule has 0 spiro atoms. The van der Waals surface area contributed by atoms with Crippen LogP contribution in [0.1, 0.15) is 26.2 Å². The number of para-hydroxylation sites is 4. The number of hydrogen-bond acceptors (Lipinski definition) is 3. The summed E-state index contributed by atoms with van der Waals surface area (Å²) in [4.78, 5) is 7.16. The Bertz CT molecular complexity index is 662. The van der Waals surface area contributed by atoms with E-state index in [0.29, 0.717) is 6.04 Å². The van der Waals surface area contributed by atoms with E-state index in [0.717, 1.165) is 35.1 Å². The molecule has 0 N–H and O–H groups in total. The van der Waals surface area contributed by atoms with Gasteiger partial charge in [0.25, 0.3) is 0 Å². The first-order chi connectivity index (χ1) is 10.3. The summed E-state index contributed by atoms with van der Waals surface area (Å²) >= 11 is 0. The molecule has 2 aromatic rings. The van der Waals surface area contributed by atoms with Gasteiger partial charge in [0.15, 0.2) is 11.5 Å². The van der Waals surface area contributed by atoms with Crippen LogP contribution in [0.4, 0.5) is 11.4 Å². The lowest BCUT2D eigenvalue weighted by atomic mass is 10.0. The Labute approximate surface area is 124 Å². The maximum atomic E-state index is 6.03. The van der Waals surface area contributed by atoms with Gasteiger partial charge in [-0.05, 0) is 44.0 Å². The Kier molecular flexibility index (Phi) is 2.92. The van der Waals surface area contributed by atoms with Crippen molar-refractivity contribution in [3.8, 4) is 11.5 Å². The largest absolute Gasteiger partial charge is 0.453 e. The predicted octanol–water partition coefficient (Wildman–Crippen LogP) is 4.90. The van der Waals surface area contributed by atoms with Crippen molar-refractivity contribution in [3.63, 3.8) is 0 Å². The molecule has 0 fully saturated rings. The summed E-state index contributed by atoms with van der Waals surface area (Å²) in [6, 6.07) is 16.8. The average Bonchev–Trinajstić information content (AvgIpc) is 2.52. The van der Waals surface area contributed by atoms with Gasteiger partial charge in [-0.25, -0.2) is 0 Å². The Balaban J connectivity index is 1.89. The predicted molar refractivity (Wildman–Crippen MR) is 85.8 cm³/mol. The number of benzene rings is 2. The van der Waals surface area contributed by atoms with Crippen LogP contribution in [-0.2, 0) is 0 Å². The summed E-state index contributed by atoms with van der Waals surface area (Å²) in [5.74, 6) is 2.95. The van der Waals surface area contributed by atoms with E-state index in [1.807, 2.05) is 24.3 Å². The Morgan fingerprint density at radius 3 is 2.24 bits per heavy atom. The second-order valence-corrected chi connectivity index (χ2v) is 5.66. The molecule has 0 aromatic heterocycles. The van der Waals surface area contributed by atoms with Gasteiger partial charge < -0.3 is 4.74 Å². The minimum absolute atomic E-state index is 0.399. The van der Waals surface area contributed by atoms with Gasteiger partial charge in [-0.3, -0.25) is 9.89 Å². The van der Waals surface area contributed by atoms with Gasteiger partial charge in [-0.2, -0.15) is 0 Å². The third-order valence-electron chi connectivity index (χ3n) is 4.08. The zero-order chi connectivity index (χ0) is 14.2. The number of aliphatic imine (C=N–C) groups is 1. The molecule has 3 nitrogen and oxygen atoms in total. The van der Waals surface area contributed by atoms with Gasteiger partial charge in [0.05, 0.1) is 11.4 Å². The molecule has 0 saturated heterocycles. The fourth-order valence-corrected chi connectivity index (χ4v) is 3.09. The molecule has 2 aromatic carbocycles. The monoisotopic (exact) mass is 278 g/mol. The van der Waals surface area contributed by atoms with E-state index >= 15 is 0 Å². The Hall–Kier alpha value is -2.29. The number of hydrogen-bond donors (Lipinski definition) is 0. The molecule has 0 saturated carbocycles. The van der Waals surface area contributed by atoms with E-state index in [1.165, 1.54) is 12.8 Å². The van der Waals surface area contributed by atoms with E-state index in [1.54, 1.807) is 0 Å². The molecule has 1 atom stereocenters. The SMILES string of the molecule is CC1CCCC(N2c3ccccc3Oc3ccccc32)=N1. The van der Waals surface area contributed by atoms with E-state index in [2.05, 4.69) is 36.1 Å². The smallest absolute Gasteiger partial charge is 0.151 e. The van der Waals surface area contributed by atoms with Crippen molar-refractivity contribution in [1.29, 1.82) is 0 Å². The lowest BCUT2D eigenvalue weighted by molar-refractivity contribution is 0.476. The number of nitrogens with zero attached hydrogens (tertiary/aromatic N) is 2. The maximum Gasteiger partial charge on any atom is 0.151 e. The molecule has 0 radical (unpaired) electrons. The lowest BCUT2D eigenvalue weighted by Crippen LogP contribution is -2.31. The van der Waals surface area contributed by atoms with Crippen molar-refractivity contribution in [1.82, 2.24) is 0 Å². The topological polar surface area (TPSA) is 24.8 Å². The maximum absolute atomic E-state index is 6.03. The fraction of sp³-hybridized carbons (Fsp3) is 0.278. The number of anilines is 2. The van der Waals surface area contributed by atoms with Crippen molar-refractivity contribution in [3.05, 3.63) is 48.5 Å². The first-order valence-electron chi connectivity index (χ1n) is 7.55. The third-order valence-corrected chi connectivity index (χ3v) is 4.08. The van der Waals surface area contributed by atoms with Gasteiger partial charge >= 0.3 is 0 Å². The van der Waals surface area contributed by atoms with Crippen molar-refractivity contribution in [2.75, 3.05) is 4.90 Å². The first-order valence-corrected chi connectivity index (χ1v) is 7.55. The Morgan fingerprint density at radius 2 is 1.62 bits per heavy atom. The van der Waals surface area contributed by atoms with Crippen LogP contribution in [0, 0.1) is 0 Å². The molecule has 3 heteroatoms. The van der Waals surface area contributed by atoms with E-state index in [-0.39, 0.29) is 0 Å². The van der Waals surface area contributed by atoms with Crippen LogP contribution >= 0.6 is 0 Å². The molecule has 106 valence electrons. The van der Waals surface area contributed by atoms with Crippen LogP contribution < -0.4 is 9.64 Å². The number of fused-ring (bicyclic) bond motifs is 2. The van der Waals surface area contributed by atoms with Crippen molar-refractivity contribution in [2.24, 2.45) is 4.99 Å². The van der Waals surface area contributed by atoms with Crippen LogP contribution in [0.5, 0.6) is 11.5 Å². The highest BCUT2D eigenvalue weighted by molar-refractivity contribution is 6.07. The van der Waals surface area contributed by atoms with E-state index < -0.39 is 0 Å². The first kappa shape index (κ1) is 12.5. The molecule has 0 amide bonds. The molecule has 21 heavy (non-hydrogen) atoms. The third kappa shape index (κ3) is 2.09. The van der Waals surface area contributed by atoms with Crippen molar-refractivity contribution >= 4 is 17.2 Å². The molecule has 2 aliphatic heterocycles. The highest BCUT2D eigenvalue weighted by atomic mass is 16.5. The van der Waals surface area contributed by atoms with Gasteiger partial charge in [-0.1, -0.05) is 24.3 Å². The number of rotatable bonds is 0. The highest BCUT2D eigenvalue weighted by Gasteiger charge is 2.28. The van der Waals surface area contributed by atoms with Gasteiger partial charge in [-0.15, -0.1) is 0 Å². The molecule has 4 rings (SSSR count). The minimum atomic E-state index is 0.399. The molecular weight excluding hydrogens is 260 g/mol. The molecule has 2 heterocycles. The van der Waals surface area contributed by atoms with Crippen molar-refractivity contribution < 1.29 is 4.74 Å². The molecular formula is C18H18N2O. The molecule has 2 aliphatic rings. The van der Waals surface area contributed by atoms with Crippen LogP contribution in [0.3, 0.4) is 0 Å². The molecule has 1 unspecified atom stereocenters. The summed E-state index contributed by atoms with van der Waals surface area (Å²) in [6.07, 6.45) is 3.39. The average molecular weight is 278 g/mol. The lowest BCUT2D eigenvalue weighted by Gasteiger charge is -2.35. The number of ether oxygens (including phenoxy) is 1. The van der Waals surface area contributed by atoms with Crippen LogP contribution in [0.25, 0.3) is 0 Å². The Morgan fingerprint density at radius 1 is 1.00 bits per heavy atom. The molecule has 0 bridgehead atoms. The fourth-order valence-electron chi connectivity index (χ4n) is 3.09. The summed E-state index contributed by atoms with van der Waals surface area (Å²) < 4.78 is 6.03. The summed E-state index contributed by atoms with van der Waals surface area (Å²) in [7, 11) is 0. The second-order valence-electron chi connectivity index (χ2n) is 5.66. The van der Waals surface area contributed by atoms with E-state index in [9.17, 15) is 0 Å². The molecule has 0 aliphatic carbocycles.